The zero-order valence-corrected chi connectivity index (χ0v) is 8.48. The maximum atomic E-state index is 4.14. The average molecular weight is 200 g/mol. The van der Waals surface area contributed by atoms with E-state index < -0.39 is 0 Å². The van der Waals surface area contributed by atoms with E-state index in [1.165, 1.54) is 11.1 Å². The first-order valence-corrected chi connectivity index (χ1v) is 4.73. The molecule has 0 nitrogen and oxygen atoms in total. The Labute approximate surface area is 90.9 Å². The van der Waals surface area contributed by atoms with Gasteiger partial charge in [-0.2, -0.15) is 0 Å². The highest BCUT2D eigenvalue weighted by Crippen LogP contribution is 2.17. The van der Waals surface area contributed by atoms with Crippen molar-refractivity contribution in [2.24, 2.45) is 0 Å². The SMILES string of the molecule is [B]Cl.c1ccc(-c2ccccc2)cc1. The fraction of sp³-hybridized carbons (Fsp3) is 0. The summed E-state index contributed by atoms with van der Waals surface area (Å²) >= 11 is 4.14. The van der Waals surface area contributed by atoms with Crippen molar-refractivity contribution in [1.82, 2.24) is 0 Å². The molecule has 0 heterocycles. The number of benzene rings is 2. The summed E-state index contributed by atoms with van der Waals surface area (Å²) in [5.41, 5.74) is 2.55. The van der Waals surface area contributed by atoms with Gasteiger partial charge in [-0.3, -0.25) is 0 Å². The van der Waals surface area contributed by atoms with Gasteiger partial charge in [0.05, 0.1) is 0 Å². The highest BCUT2D eigenvalue weighted by molar-refractivity contribution is 6.80. The first-order valence-electron chi connectivity index (χ1n) is 4.29. The first kappa shape index (κ1) is 10.9. The number of hydrogen-bond acceptors (Lipinski definition) is 0. The van der Waals surface area contributed by atoms with Crippen molar-refractivity contribution < 1.29 is 0 Å². The fourth-order valence-corrected chi connectivity index (χ4v) is 1.26. The third-order valence-electron chi connectivity index (χ3n) is 1.88. The van der Waals surface area contributed by atoms with Gasteiger partial charge in [0.2, 0.25) is 7.26 Å². The molecule has 0 saturated heterocycles. The molecule has 0 atom stereocenters. The highest BCUT2D eigenvalue weighted by Gasteiger charge is 1.91. The number of rotatable bonds is 1. The number of halogens is 1. The predicted molar refractivity (Wildman–Crippen MR) is 63.5 cm³/mol. The van der Waals surface area contributed by atoms with Gasteiger partial charge in [0.25, 0.3) is 0 Å². The lowest BCUT2D eigenvalue weighted by Gasteiger charge is -1.98. The van der Waals surface area contributed by atoms with Crippen LogP contribution in [0.3, 0.4) is 0 Å². The van der Waals surface area contributed by atoms with Crippen molar-refractivity contribution in [2.75, 3.05) is 0 Å². The van der Waals surface area contributed by atoms with Crippen LogP contribution in [0.25, 0.3) is 11.1 Å². The Hall–Kier alpha value is -1.21. The quantitative estimate of drug-likeness (QED) is 0.616. The summed E-state index contributed by atoms with van der Waals surface area (Å²) in [6.45, 7) is 0. The summed E-state index contributed by atoms with van der Waals surface area (Å²) in [5, 5.41) is 0. The van der Waals surface area contributed by atoms with Crippen molar-refractivity contribution in [3.63, 3.8) is 0 Å². The predicted octanol–water partition coefficient (Wildman–Crippen LogP) is 3.66. The molecule has 0 fully saturated rings. The van der Waals surface area contributed by atoms with Crippen LogP contribution in [-0.4, -0.2) is 7.26 Å². The summed E-state index contributed by atoms with van der Waals surface area (Å²) in [4.78, 5) is 0. The lowest BCUT2D eigenvalue weighted by Crippen LogP contribution is -1.73. The molecule has 2 aromatic rings. The van der Waals surface area contributed by atoms with E-state index in [1.54, 1.807) is 0 Å². The van der Waals surface area contributed by atoms with Gasteiger partial charge in [0, 0.05) is 0 Å². The van der Waals surface area contributed by atoms with Gasteiger partial charge in [0.15, 0.2) is 0 Å². The molecule has 0 aliphatic heterocycles. The van der Waals surface area contributed by atoms with Crippen LogP contribution < -0.4 is 0 Å². The highest BCUT2D eigenvalue weighted by atomic mass is 35.5. The molecule has 0 N–H and O–H groups in total. The van der Waals surface area contributed by atoms with Crippen LogP contribution in [0.2, 0.25) is 0 Å². The third kappa shape index (κ3) is 2.93. The molecule has 68 valence electrons. The Morgan fingerprint density at radius 3 is 1.14 bits per heavy atom. The van der Waals surface area contributed by atoms with Crippen molar-refractivity contribution in [1.29, 1.82) is 0 Å². The van der Waals surface area contributed by atoms with Crippen molar-refractivity contribution >= 4 is 18.7 Å². The molecular formula is C12H10BCl. The second-order valence-electron chi connectivity index (χ2n) is 2.73. The smallest absolute Gasteiger partial charge is 0.214 e. The Kier molecular flexibility index (Phi) is 4.88. The Bertz CT molecular complexity index is 308. The van der Waals surface area contributed by atoms with E-state index in [9.17, 15) is 0 Å². The molecule has 2 heteroatoms. The summed E-state index contributed by atoms with van der Waals surface area (Å²) in [5.74, 6) is 0. The van der Waals surface area contributed by atoms with E-state index in [-0.39, 0.29) is 0 Å². The van der Waals surface area contributed by atoms with E-state index in [2.05, 4.69) is 67.3 Å². The Balaban J connectivity index is 0.000000461. The summed E-state index contributed by atoms with van der Waals surface area (Å²) < 4.78 is 0. The standard InChI is InChI=1S/C12H10.BCl/c1-3-7-11(8-4-1)12-9-5-2-6-10-12;1-2/h1-10H;. The summed E-state index contributed by atoms with van der Waals surface area (Å²) in [6, 6.07) is 20.8. The van der Waals surface area contributed by atoms with Crippen LogP contribution in [0, 0.1) is 0 Å². The van der Waals surface area contributed by atoms with Gasteiger partial charge in [-0.1, -0.05) is 60.7 Å². The van der Waals surface area contributed by atoms with Crippen LogP contribution in [0.15, 0.2) is 60.7 Å². The molecule has 0 aromatic heterocycles. The van der Waals surface area contributed by atoms with E-state index in [1.807, 2.05) is 12.1 Å². The van der Waals surface area contributed by atoms with Gasteiger partial charge >= 0.3 is 0 Å². The average Bonchev–Trinajstić information content (AvgIpc) is 2.34. The monoisotopic (exact) mass is 200 g/mol. The van der Waals surface area contributed by atoms with Crippen LogP contribution in [0.1, 0.15) is 0 Å². The van der Waals surface area contributed by atoms with Crippen molar-refractivity contribution in [2.45, 2.75) is 0 Å². The molecule has 2 rings (SSSR count). The first-order chi connectivity index (χ1) is 6.97. The van der Waals surface area contributed by atoms with Crippen LogP contribution in [0.5, 0.6) is 0 Å². The Morgan fingerprint density at radius 1 is 0.571 bits per heavy atom. The van der Waals surface area contributed by atoms with Crippen LogP contribution in [0.4, 0.5) is 0 Å². The van der Waals surface area contributed by atoms with E-state index >= 15 is 0 Å². The Morgan fingerprint density at radius 2 is 0.857 bits per heavy atom. The molecule has 14 heavy (non-hydrogen) atoms. The van der Waals surface area contributed by atoms with Crippen molar-refractivity contribution in [3.05, 3.63) is 60.7 Å². The molecule has 2 radical (unpaired) electrons. The van der Waals surface area contributed by atoms with Gasteiger partial charge < -0.3 is 0 Å². The largest absolute Gasteiger partial charge is 0.214 e. The van der Waals surface area contributed by atoms with Crippen LogP contribution in [-0.2, 0) is 0 Å². The maximum Gasteiger partial charge on any atom is 0.214 e. The third-order valence-corrected chi connectivity index (χ3v) is 1.88. The van der Waals surface area contributed by atoms with Gasteiger partial charge in [-0.05, 0) is 11.1 Å². The second-order valence-corrected chi connectivity index (χ2v) is 2.73. The molecule has 0 aliphatic rings. The molecular weight excluding hydrogens is 190 g/mol. The zero-order chi connectivity index (χ0) is 10.2. The molecule has 0 amide bonds. The lowest BCUT2D eigenvalue weighted by molar-refractivity contribution is 1.62. The molecule has 0 unspecified atom stereocenters. The molecule has 0 bridgehead atoms. The molecule has 0 saturated carbocycles. The minimum Gasteiger partial charge on any atom is -0.214 e. The molecule has 0 aliphatic carbocycles. The van der Waals surface area contributed by atoms with Crippen molar-refractivity contribution in [3.8, 4) is 11.1 Å². The van der Waals surface area contributed by atoms with E-state index in [4.69, 9.17) is 0 Å². The van der Waals surface area contributed by atoms with Crippen LogP contribution >= 0.6 is 11.5 Å². The van der Waals surface area contributed by atoms with Gasteiger partial charge in [-0.15, -0.1) is 0 Å². The minimum atomic E-state index is 1.28. The van der Waals surface area contributed by atoms with Gasteiger partial charge in [-0.25, -0.2) is 11.5 Å². The number of hydrogen-bond donors (Lipinski definition) is 0. The fourth-order valence-electron chi connectivity index (χ4n) is 1.26. The minimum absolute atomic E-state index is 1.28. The topological polar surface area (TPSA) is 0 Å². The zero-order valence-electron chi connectivity index (χ0n) is 7.73. The summed E-state index contributed by atoms with van der Waals surface area (Å²) in [6.07, 6.45) is 0. The molecule has 0 spiro atoms. The maximum absolute atomic E-state index is 4.14. The summed E-state index contributed by atoms with van der Waals surface area (Å²) in [7, 11) is 3.97. The van der Waals surface area contributed by atoms with E-state index in [0.717, 1.165) is 0 Å². The van der Waals surface area contributed by atoms with E-state index in [0.29, 0.717) is 0 Å². The van der Waals surface area contributed by atoms with Gasteiger partial charge in [0.1, 0.15) is 0 Å². The second kappa shape index (κ2) is 6.28. The normalized spacial score (nSPS) is 8.64. The lowest BCUT2D eigenvalue weighted by atomic mass is 10.1. The molecule has 2 aromatic carbocycles.